The minimum atomic E-state index is -0.462. The molecule has 0 spiro atoms. The molecule has 1 N–H and O–H groups in total. The van der Waals surface area contributed by atoms with Gasteiger partial charge < -0.3 is 15.0 Å². The maximum absolute atomic E-state index is 13.5. The molecular weight excluding hydrogens is 328 g/mol. The highest BCUT2D eigenvalue weighted by atomic mass is 16.5. The number of hydrogen-bond acceptors (Lipinski definition) is 3. The van der Waals surface area contributed by atoms with E-state index in [-0.39, 0.29) is 18.2 Å². The lowest BCUT2D eigenvalue weighted by Gasteiger charge is -2.35. The summed E-state index contributed by atoms with van der Waals surface area (Å²) >= 11 is 0. The number of nitrogens with zero attached hydrogens (tertiary/aromatic N) is 1. The van der Waals surface area contributed by atoms with E-state index in [0.717, 1.165) is 35.3 Å². The number of benzene rings is 2. The number of ether oxygens (including phenoxy) is 1. The summed E-state index contributed by atoms with van der Waals surface area (Å²) in [5.74, 6) is 0.107. The lowest BCUT2D eigenvalue weighted by atomic mass is 9.87. The first-order valence-electron chi connectivity index (χ1n) is 8.96. The molecule has 2 heterocycles. The van der Waals surface area contributed by atoms with Gasteiger partial charge in [0, 0.05) is 18.7 Å². The van der Waals surface area contributed by atoms with E-state index in [4.69, 9.17) is 4.74 Å². The molecule has 2 amide bonds. The molecular formula is C21H22N2O3. The van der Waals surface area contributed by atoms with Gasteiger partial charge in [0.05, 0.1) is 18.7 Å². The van der Waals surface area contributed by atoms with E-state index in [2.05, 4.69) is 12.2 Å². The third kappa shape index (κ3) is 2.64. The zero-order valence-corrected chi connectivity index (χ0v) is 15.0. The molecule has 1 unspecified atom stereocenters. The van der Waals surface area contributed by atoms with Gasteiger partial charge in [-0.15, -0.1) is 0 Å². The van der Waals surface area contributed by atoms with Crippen molar-refractivity contribution in [2.45, 2.75) is 32.1 Å². The van der Waals surface area contributed by atoms with E-state index >= 15 is 0 Å². The van der Waals surface area contributed by atoms with Crippen LogP contribution >= 0.6 is 0 Å². The second-order valence-corrected chi connectivity index (χ2v) is 6.90. The standard InChI is InChI=1S/C21H22N2O3/c1-13-9-10-18(26-2)20-14(13)7-5-11-23(20)21(25)16-12-19(24)22-17-8-4-3-6-15(16)17/h3-4,6,8-10,16H,5,7,11-12H2,1-2H3,(H,22,24). The van der Waals surface area contributed by atoms with Crippen LogP contribution in [0.3, 0.4) is 0 Å². The van der Waals surface area contributed by atoms with Gasteiger partial charge in [-0.25, -0.2) is 0 Å². The molecule has 0 radical (unpaired) electrons. The van der Waals surface area contributed by atoms with Gasteiger partial charge in [-0.05, 0) is 48.6 Å². The van der Waals surface area contributed by atoms with Crippen LogP contribution < -0.4 is 15.0 Å². The third-order valence-electron chi connectivity index (χ3n) is 5.34. The van der Waals surface area contributed by atoms with Crippen molar-refractivity contribution in [3.63, 3.8) is 0 Å². The maximum atomic E-state index is 13.5. The molecule has 0 bridgehead atoms. The van der Waals surface area contributed by atoms with Gasteiger partial charge in [-0.1, -0.05) is 24.3 Å². The minimum Gasteiger partial charge on any atom is -0.495 e. The lowest BCUT2D eigenvalue weighted by molar-refractivity contribution is -0.124. The smallest absolute Gasteiger partial charge is 0.235 e. The van der Waals surface area contributed by atoms with E-state index in [1.54, 1.807) is 7.11 Å². The van der Waals surface area contributed by atoms with Gasteiger partial charge in [0.15, 0.2) is 0 Å². The Morgan fingerprint density at radius 3 is 2.85 bits per heavy atom. The number of carbonyl (C=O) groups is 2. The fraction of sp³-hybridized carbons (Fsp3) is 0.333. The Bertz CT molecular complexity index is 891. The highest BCUT2D eigenvalue weighted by Crippen LogP contribution is 2.41. The van der Waals surface area contributed by atoms with Gasteiger partial charge in [-0.3, -0.25) is 9.59 Å². The molecule has 2 aromatic carbocycles. The van der Waals surface area contributed by atoms with Crippen molar-refractivity contribution in [1.29, 1.82) is 0 Å². The van der Waals surface area contributed by atoms with Crippen molar-refractivity contribution in [2.75, 3.05) is 23.9 Å². The Morgan fingerprint density at radius 1 is 1.23 bits per heavy atom. The lowest BCUT2D eigenvalue weighted by Crippen LogP contribution is -2.41. The predicted octanol–water partition coefficient (Wildman–Crippen LogP) is 3.41. The van der Waals surface area contributed by atoms with Crippen LogP contribution in [0.2, 0.25) is 0 Å². The molecule has 1 atom stereocenters. The van der Waals surface area contributed by atoms with E-state index in [1.807, 2.05) is 41.3 Å². The Hall–Kier alpha value is -2.82. The zero-order valence-electron chi connectivity index (χ0n) is 15.0. The second-order valence-electron chi connectivity index (χ2n) is 6.90. The quantitative estimate of drug-likeness (QED) is 0.903. The Labute approximate surface area is 153 Å². The van der Waals surface area contributed by atoms with E-state index in [9.17, 15) is 9.59 Å². The normalized spacial score (nSPS) is 18.6. The molecule has 5 nitrogen and oxygen atoms in total. The molecule has 0 fully saturated rings. The highest BCUT2D eigenvalue weighted by Gasteiger charge is 2.36. The van der Waals surface area contributed by atoms with E-state index < -0.39 is 5.92 Å². The highest BCUT2D eigenvalue weighted by molar-refractivity contribution is 6.07. The Balaban J connectivity index is 1.78. The number of amides is 2. The van der Waals surface area contributed by atoms with E-state index in [1.165, 1.54) is 5.56 Å². The number of rotatable bonds is 2. The molecule has 134 valence electrons. The van der Waals surface area contributed by atoms with E-state index in [0.29, 0.717) is 12.3 Å². The minimum absolute atomic E-state index is 0.0304. The molecule has 0 aliphatic carbocycles. The second kappa shape index (κ2) is 6.48. The number of aryl methyl sites for hydroxylation is 1. The number of methoxy groups -OCH3 is 1. The van der Waals surface area contributed by atoms with Crippen molar-refractivity contribution in [3.8, 4) is 5.75 Å². The van der Waals surface area contributed by atoms with Crippen LogP contribution in [0.1, 0.15) is 35.4 Å². The van der Waals surface area contributed by atoms with Crippen molar-refractivity contribution >= 4 is 23.2 Å². The third-order valence-corrected chi connectivity index (χ3v) is 5.34. The van der Waals surface area contributed by atoms with Crippen LogP contribution in [0.4, 0.5) is 11.4 Å². The van der Waals surface area contributed by atoms with Crippen molar-refractivity contribution in [3.05, 3.63) is 53.1 Å². The fourth-order valence-corrected chi connectivity index (χ4v) is 4.06. The Morgan fingerprint density at radius 2 is 2.04 bits per heavy atom. The number of carbonyl (C=O) groups excluding carboxylic acids is 2. The Kier molecular flexibility index (Phi) is 4.15. The average molecular weight is 350 g/mol. The summed E-state index contributed by atoms with van der Waals surface area (Å²) < 4.78 is 5.55. The van der Waals surface area contributed by atoms with Gasteiger partial charge in [0.1, 0.15) is 5.75 Å². The molecule has 0 saturated carbocycles. The summed E-state index contributed by atoms with van der Waals surface area (Å²) in [6.45, 7) is 2.71. The van der Waals surface area contributed by atoms with Crippen LogP contribution in [-0.2, 0) is 16.0 Å². The monoisotopic (exact) mass is 350 g/mol. The van der Waals surface area contributed by atoms with Crippen LogP contribution in [0.15, 0.2) is 36.4 Å². The summed E-state index contributed by atoms with van der Waals surface area (Å²) in [4.78, 5) is 27.5. The van der Waals surface area contributed by atoms with Crippen LogP contribution in [0, 0.1) is 6.92 Å². The summed E-state index contributed by atoms with van der Waals surface area (Å²) in [7, 11) is 1.63. The van der Waals surface area contributed by atoms with Crippen LogP contribution in [0.5, 0.6) is 5.75 Å². The van der Waals surface area contributed by atoms with Gasteiger partial charge in [-0.2, -0.15) is 0 Å². The summed E-state index contributed by atoms with van der Waals surface area (Å²) in [6.07, 6.45) is 2.02. The topological polar surface area (TPSA) is 58.6 Å². The molecule has 26 heavy (non-hydrogen) atoms. The average Bonchev–Trinajstić information content (AvgIpc) is 2.67. The van der Waals surface area contributed by atoms with Crippen LogP contribution in [0.25, 0.3) is 0 Å². The van der Waals surface area contributed by atoms with Crippen molar-refractivity contribution in [1.82, 2.24) is 0 Å². The molecule has 0 aromatic heterocycles. The predicted molar refractivity (Wildman–Crippen MR) is 101 cm³/mol. The zero-order chi connectivity index (χ0) is 18.3. The first kappa shape index (κ1) is 16.6. The summed E-state index contributed by atoms with van der Waals surface area (Å²) in [5, 5.41) is 2.86. The van der Waals surface area contributed by atoms with Crippen molar-refractivity contribution < 1.29 is 14.3 Å². The number of para-hydroxylation sites is 1. The largest absolute Gasteiger partial charge is 0.495 e. The number of nitrogens with one attached hydrogen (secondary N) is 1. The van der Waals surface area contributed by atoms with Crippen LogP contribution in [-0.4, -0.2) is 25.5 Å². The summed E-state index contributed by atoms with van der Waals surface area (Å²) in [5.41, 5.74) is 4.82. The number of hydrogen-bond donors (Lipinski definition) is 1. The molecule has 2 aliphatic rings. The molecule has 0 saturated heterocycles. The first-order valence-corrected chi connectivity index (χ1v) is 8.96. The fourth-order valence-electron chi connectivity index (χ4n) is 4.06. The number of anilines is 2. The SMILES string of the molecule is COc1ccc(C)c2c1N(C(=O)C1CC(=O)Nc3ccccc31)CCC2. The van der Waals surface area contributed by atoms with Gasteiger partial charge in [0.25, 0.3) is 0 Å². The van der Waals surface area contributed by atoms with Gasteiger partial charge >= 0.3 is 0 Å². The van der Waals surface area contributed by atoms with Gasteiger partial charge in [0.2, 0.25) is 11.8 Å². The maximum Gasteiger partial charge on any atom is 0.235 e. The molecule has 4 rings (SSSR count). The molecule has 2 aromatic rings. The van der Waals surface area contributed by atoms with Crippen molar-refractivity contribution in [2.24, 2.45) is 0 Å². The molecule has 2 aliphatic heterocycles. The summed E-state index contributed by atoms with van der Waals surface area (Å²) in [6, 6.07) is 11.5. The number of fused-ring (bicyclic) bond motifs is 2. The first-order chi connectivity index (χ1) is 12.6. The molecule has 5 heteroatoms.